The van der Waals surface area contributed by atoms with E-state index in [2.05, 4.69) is 28.5 Å². The van der Waals surface area contributed by atoms with Gasteiger partial charge in [-0.05, 0) is 62.6 Å². The van der Waals surface area contributed by atoms with Gasteiger partial charge >= 0.3 is 0 Å². The quantitative estimate of drug-likeness (QED) is 0.801. The van der Waals surface area contributed by atoms with E-state index in [1.807, 2.05) is 18.2 Å². The molecule has 2 bridgehead atoms. The van der Waals surface area contributed by atoms with Gasteiger partial charge in [0.1, 0.15) is 0 Å². The maximum atomic E-state index is 12.1. The van der Waals surface area contributed by atoms with Gasteiger partial charge in [-0.25, -0.2) is 0 Å². The first-order valence-electron chi connectivity index (χ1n) is 10.1. The Hall–Kier alpha value is -1.39. The average molecular weight is 341 g/mol. The van der Waals surface area contributed by atoms with Gasteiger partial charge in [0.05, 0.1) is 0 Å². The Morgan fingerprint density at radius 1 is 1.12 bits per heavy atom. The van der Waals surface area contributed by atoms with Crippen molar-refractivity contribution in [3.63, 3.8) is 0 Å². The Kier molecular flexibility index (Phi) is 5.09. The molecule has 0 radical (unpaired) electrons. The Balaban J connectivity index is 1.31. The van der Waals surface area contributed by atoms with E-state index in [-0.39, 0.29) is 5.91 Å². The zero-order valence-corrected chi connectivity index (χ0v) is 15.3. The van der Waals surface area contributed by atoms with Crippen molar-refractivity contribution in [2.45, 2.75) is 82.6 Å². The molecule has 0 aromatic heterocycles. The van der Waals surface area contributed by atoms with Crippen LogP contribution in [0.1, 0.15) is 67.8 Å². The van der Waals surface area contributed by atoms with E-state index in [1.54, 1.807) is 0 Å². The number of carbonyl (C=O) groups is 1. The molecule has 136 valence electrons. The molecule has 4 nitrogen and oxygen atoms in total. The van der Waals surface area contributed by atoms with Crippen LogP contribution in [0.3, 0.4) is 0 Å². The second-order valence-electron chi connectivity index (χ2n) is 8.07. The van der Waals surface area contributed by atoms with Crippen LogP contribution in [0.15, 0.2) is 24.3 Å². The molecule has 2 aliphatic heterocycles. The summed E-state index contributed by atoms with van der Waals surface area (Å²) in [7, 11) is 0. The van der Waals surface area contributed by atoms with E-state index in [9.17, 15) is 4.79 Å². The minimum absolute atomic E-state index is 0.0412. The maximum Gasteiger partial charge on any atom is 0.251 e. The highest BCUT2D eigenvalue weighted by Crippen LogP contribution is 2.43. The fourth-order valence-electron chi connectivity index (χ4n) is 4.77. The number of carbonyl (C=O) groups excluding carboxylic acids is 1. The summed E-state index contributed by atoms with van der Waals surface area (Å²) in [5, 5.41) is 6.73. The molecule has 25 heavy (non-hydrogen) atoms. The third kappa shape index (κ3) is 3.90. The first kappa shape index (κ1) is 17.0. The molecule has 1 amide bonds. The van der Waals surface area contributed by atoms with Crippen LogP contribution in [0, 0.1) is 0 Å². The molecule has 2 unspecified atom stereocenters. The van der Waals surface area contributed by atoms with Crippen molar-refractivity contribution < 1.29 is 4.79 Å². The van der Waals surface area contributed by atoms with Gasteiger partial charge in [-0.2, -0.15) is 0 Å². The van der Waals surface area contributed by atoms with E-state index < -0.39 is 0 Å². The number of hydrogen-bond acceptors (Lipinski definition) is 3. The molecular weight excluding hydrogens is 310 g/mol. The number of rotatable bonds is 7. The highest BCUT2D eigenvalue weighted by Gasteiger charge is 2.46. The molecule has 2 heterocycles. The Bertz CT molecular complexity index is 599. The van der Waals surface area contributed by atoms with E-state index >= 15 is 0 Å². The molecule has 1 aliphatic carbocycles. The summed E-state index contributed by atoms with van der Waals surface area (Å²) in [4.78, 5) is 15.0. The van der Waals surface area contributed by atoms with E-state index in [1.165, 1.54) is 44.1 Å². The van der Waals surface area contributed by atoms with Crippen LogP contribution in [0.25, 0.3) is 0 Å². The lowest BCUT2D eigenvalue weighted by Crippen LogP contribution is -2.49. The van der Waals surface area contributed by atoms with E-state index in [4.69, 9.17) is 0 Å². The number of amides is 1. The number of fused-ring (bicyclic) bond motifs is 2. The van der Waals surface area contributed by atoms with Crippen molar-refractivity contribution in [2.24, 2.45) is 0 Å². The molecule has 1 aromatic carbocycles. The number of piperidine rings is 1. The van der Waals surface area contributed by atoms with Gasteiger partial charge in [-0.15, -0.1) is 0 Å². The van der Waals surface area contributed by atoms with Crippen LogP contribution < -0.4 is 10.6 Å². The monoisotopic (exact) mass is 341 g/mol. The predicted octanol–water partition coefficient (Wildman–Crippen LogP) is 3.07. The largest absolute Gasteiger partial charge is 0.352 e. The average Bonchev–Trinajstić information content (AvgIpc) is 3.44. The number of hydrogen-bond donors (Lipinski definition) is 2. The molecule has 3 aliphatic rings. The van der Waals surface area contributed by atoms with Gasteiger partial charge in [-0.1, -0.05) is 19.1 Å². The smallest absolute Gasteiger partial charge is 0.251 e. The van der Waals surface area contributed by atoms with Gasteiger partial charge in [0.2, 0.25) is 0 Å². The van der Waals surface area contributed by atoms with Crippen molar-refractivity contribution >= 4 is 5.91 Å². The van der Waals surface area contributed by atoms with Crippen molar-refractivity contribution in [3.8, 4) is 0 Å². The Morgan fingerprint density at radius 2 is 1.84 bits per heavy atom. The molecule has 1 aromatic rings. The van der Waals surface area contributed by atoms with Crippen LogP contribution in [0.5, 0.6) is 0 Å². The van der Waals surface area contributed by atoms with Gasteiger partial charge in [0, 0.05) is 42.8 Å². The summed E-state index contributed by atoms with van der Waals surface area (Å²) in [6.45, 7) is 3.67. The van der Waals surface area contributed by atoms with Crippen molar-refractivity contribution in [3.05, 3.63) is 35.4 Å². The van der Waals surface area contributed by atoms with Crippen LogP contribution in [-0.4, -0.2) is 41.5 Å². The summed E-state index contributed by atoms with van der Waals surface area (Å²) in [5.41, 5.74) is 1.98. The fraction of sp³-hybridized carbons (Fsp3) is 0.667. The zero-order valence-electron chi connectivity index (χ0n) is 15.3. The molecule has 2 atom stereocenters. The normalized spacial score (nSPS) is 28.9. The molecule has 2 saturated heterocycles. The van der Waals surface area contributed by atoms with Gasteiger partial charge in [-0.3, -0.25) is 9.69 Å². The summed E-state index contributed by atoms with van der Waals surface area (Å²) in [6.07, 6.45) is 9.21. The molecule has 1 saturated carbocycles. The fourth-order valence-corrected chi connectivity index (χ4v) is 4.77. The standard InChI is InChI=1S/C21H31N3O/c1-2-10-22-21(25)16-5-3-4-15(11-16)14-23-17-12-19-8-9-20(13-17)24(19)18-6-7-18/h3-5,11,17-20,23H,2,6-10,12-14H2,1H3,(H,22,25). The topological polar surface area (TPSA) is 44.4 Å². The lowest BCUT2D eigenvalue weighted by Gasteiger charge is -2.39. The van der Waals surface area contributed by atoms with Crippen LogP contribution in [-0.2, 0) is 6.54 Å². The van der Waals surface area contributed by atoms with Gasteiger partial charge in [0.15, 0.2) is 0 Å². The number of benzene rings is 1. The van der Waals surface area contributed by atoms with E-state index in [0.29, 0.717) is 6.04 Å². The third-order valence-electron chi connectivity index (χ3n) is 6.08. The highest BCUT2D eigenvalue weighted by atomic mass is 16.1. The minimum Gasteiger partial charge on any atom is -0.352 e. The highest BCUT2D eigenvalue weighted by molar-refractivity contribution is 5.94. The molecule has 4 rings (SSSR count). The summed E-state index contributed by atoms with van der Waals surface area (Å²) < 4.78 is 0. The maximum absolute atomic E-state index is 12.1. The van der Waals surface area contributed by atoms with Crippen molar-refractivity contribution in [2.75, 3.05) is 6.54 Å². The van der Waals surface area contributed by atoms with Crippen molar-refractivity contribution in [1.82, 2.24) is 15.5 Å². The summed E-state index contributed by atoms with van der Waals surface area (Å²) >= 11 is 0. The molecule has 0 spiro atoms. The Labute approximate surface area is 151 Å². The predicted molar refractivity (Wildman–Crippen MR) is 101 cm³/mol. The number of nitrogens with one attached hydrogen (secondary N) is 2. The number of nitrogens with zero attached hydrogens (tertiary/aromatic N) is 1. The van der Waals surface area contributed by atoms with Gasteiger partial charge < -0.3 is 10.6 Å². The lowest BCUT2D eigenvalue weighted by molar-refractivity contribution is 0.0953. The zero-order chi connectivity index (χ0) is 17.2. The summed E-state index contributed by atoms with van der Waals surface area (Å²) in [6, 6.07) is 11.2. The third-order valence-corrected chi connectivity index (χ3v) is 6.08. The minimum atomic E-state index is 0.0412. The van der Waals surface area contributed by atoms with Crippen LogP contribution in [0.4, 0.5) is 0 Å². The van der Waals surface area contributed by atoms with E-state index in [0.717, 1.165) is 43.2 Å². The Morgan fingerprint density at radius 3 is 2.52 bits per heavy atom. The van der Waals surface area contributed by atoms with Crippen molar-refractivity contribution in [1.29, 1.82) is 0 Å². The second kappa shape index (κ2) is 7.46. The van der Waals surface area contributed by atoms with Crippen LogP contribution >= 0.6 is 0 Å². The second-order valence-corrected chi connectivity index (χ2v) is 8.07. The molecule has 3 fully saturated rings. The molecule has 2 N–H and O–H groups in total. The summed E-state index contributed by atoms with van der Waals surface area (Å²) in [5.74, 6) is 0.0412. The SMILES string of the molecule is CCCNC(=O)c1cccc(CNC2CC3CCC(C2)N3C2CC2)c1. The lowest BCUT2D eigenvalue weighted by atomic mass is 9.96. The first-order chi connectivity index (χ1) is 12.2. The first-order valence-corrected chi connectivity index (χ1v) is 10.1. The molecule has 4 heteroatoms. The molecular formula is C21H31N3O. The van der Waals surface area contributed by atoms with Crippen LogP contribution in [0.2, 0.25) is 0 Å². The van der Waals surface area contributed by atoms with Gasteiger partial charge in [0.25, 0.3) is 5.91 Å².